The van der Waals surface area contributed by atoms with Gasteiger partial charge in [0.05, 0.1) is 12.0 Å². The average molecular weight is 254 g/mol. The molecule has 4 heteroatoms. The molecule has 104 valence electrons. The molecular formula is C14H26N2O2. The predicted octanol–water partition coefficient (Wildman–Crippen LogP) is 2.07. The Balaban J connectivity index is 2.44. The largest absolute Gasteiger partial charge is 0.367 e. The third-order valence-corrected chi connectivity index (χ3v) is 3.13. The summed E-state index contributed by atoms with van der Waals surface area (Å²) < 4.78 is 0. The second-order valence-corrected chi connectivity index (χ2v) is 5.93. The van der Waals surface area contributed by atoms with Gasteiger partial charge in [-0.2, -0.15) is 0 Å². The van der Waals surface area contributed by atoms with E-state index in [1.807, 2.05) is 27.7 Å². The van der Waals surface area contributed by atoms with Gasteiger partial charge in [0.1, 0.15) is 0 Å². The molecule has 1 aliphatic heterocycles. The Morgan fingerprint density at radius 1 is 1.39 bits per heavy atom. The van der Waals surface area contributed by atoms with Gasteiger partial charge in [-0.3, -0.25) is 4.90 Å². The SMILES string of the molecule is C/C=C/CN1CCN(OC(=O)C(C)(C)C)C[C@H]1C. The van der Waals surface area contributed by atoms with Crippen molar-refractivity contribution >= 4 is 5.97 Å². The maximum absolute atomic E-state index is 11.8. The van der Waals surface area contributed by atoms with E-state index in [1.165, 1.54) is 0 Å². The van der Waals surface area contributed by atoms with Gasteiger partial charge in [0.15, 0.2) is 0 Å². The lowest BCUT2D eigenvalue weighted by Crippen LogP contribution is -2.52. The lowest BCUT2D eigenvalue weighted by molar-refractivity contribution is -0.210. The molecule has 0 radical (unpaired) electrons. The minimum absolute atomic E-state index is 0.156. The fraction of sp³-hybridized carbons (Fsp3) is 0.786. The zero-order valence-electron chi connectivity index (χ0n) is 12.3. The van der Waals surface area contributed by atoms with Crippen LogP contribution in [-0.4, -0.2) is 48.2 Å². The Hall–Kier alpha value is -0.870. The zero-order valence-corrected chi connectivity index (χ0v) is 12.3. The van der Waals surface area contributed by atoms with Crippen molar-refractivity contribution in [2.45, 2.75) is 40.7 Å². The van der Waals surface area contributed by atoms with Gasteiger partial charge in [0, 0.05) is 25.7 Å². The number of hydroxylamine groups is 2. The molecule has 0 N–H and O–H groups in total. The molecule has 0 bridgehead atoms. The molecule has 0 unspecified atom stereocenters. The number of carbonyl (C=O) groups is 1. The highest BCUT2D eigenvalue weighted by molar-refractivity contribution is 5.75. The second-order valence-electron chi connectivity index (χ2n) is 5.93. The molecule has 0 amide bonds. The van der Waals surface area contributed by atoms with E-state index in [2.05, 4.69) is 24.0 Å². The van der Waals surface area contributed by atoms with Gasteiger partial charge in [-0.15, -0.1) is 5.06 Å². The van der Waals surface area contributed by atoms with E-state index in [1.54, 1.807) is 5.06 Å². The lowest BCUT2D eigenvalue weighted by atomic mass is 9.98. The molecule has 18 heavy (non-hydrogen) atoms. The molecule has 0 aliphatic carbocycles. The molecule has 1 rings (SSSR count). The van der Waals surface area contributed by atoms with Gasteiger partial charge in [-0.05, 0) is 34.6 Å². The fourth-order valence-electron chi connectivity index (χ4n) is 1.81. The Kier molecular flexibility index (Phi) is 5.35. The van der Waals surface area contributed by atoms with Gasteiger partial charge in [0.25, 0.3) is 0 Å². The Morgan fingerprint density at radius 3 is 2.56 bits per heavy atom. The summed E-state index contributed by atoms with van der Waals surface area (Å²) in [5, 5.41) is 1.80. The van der Waals surface area contributed by atoms with E-state index < -0.39 is 5.41 Å². The van der Waals surface area contributed by atoms with Crippen LogP contribution in [-0.2, 0) is 9.63 Å². The van der Waals surface area contributed by atoms with Crippen LogP contribution in [0.2, 0.25) is 0 Å². The summed E-state index contributed by atoms with van der Waals surface area (Å²) in [6.07, 6.45) is 4.23. The average Bonchev–Trinajstić information content (AvgIpc) is 2.26. The standard InChI is InChI=1S/C14H26N2O2/c1-6-7-8-15-9-10-16(11-12(15)2)18-13(17)14(3,4)5/h6-7,12H,8-11H2,1-5H3/b7-6+/t12-/m1/s1. The van der Waals surface area contributed by atoms with Crippen LogP contribution in [0, 0.1) is 5.41 Å². The van der Waals surface area contributed by atoms with E-state index >= 15 is 0 Å². The maximum atomic E-state index is 11.8. The van der Waals surface area contributed by atoms with Crippen molar-refractivity contribution in [2.75, 3.05) is 26.2 Å². The third kappa shape index (κ3) is 4.42. The first-order chi connectivity index (χ1) is 8.34. The molecule has 1 atom stereocenters. The van der Waals surface area contributed by atoms with E-state index in [4.69, 9.17) is 4.84 Å². The summed E-state index contributed by atoms with van der Waals surface area (Å²) in [6, 6.07) is 0.405. The molecule has 1 fully saturated rings. The van der Waals surface area contributed by atoms with Gasteiger partial charge >= 0.3 is 5.97 Å². The summed E-state index contributed by atoms with van der Waals surface area (Å²) in [6.45, 7) is 13.3. The minimum atomic E-state index is -0.439. The second kappa shape index (κ2) is 6.34. The van der Waals surface area contributed by atoms with Crippen LogP contribution in [0.25, 0.3) is 0 Å². The lowest BCUT2D eigenvalue weighted by Gasteiger charge is -2.38. The first kappa shape index (κ1) is 15.2. The molecule has 1 heterocycles. The van der Waals surface area contributed by atoms with Gasteiger partial charge in [0.2, 0.25) is 0 Å². The monoisotopic (exact) mass is 254 g/mol. The Labute approximate surface area is 111 Å². The van der Waals surface area contributed by atoms with Gasteiger partial charge < -0.3 is 4.84 Å². The predicted molar refractivity (Wildman–Crippen MR) is 73.0 cm³/mol. The van der Waals surface area contributed by atoms with Crippen molar-refractivity contribution in [1.29, 1.82) is 0 Å². The number of hydrogen-bond acceptors (Lipinski definition) is 4. The minimum Gasteiger partial charge on any atom is -0.367 e. The quantitative estimate of drug-likeness (QED) is 0.722. The Morgan fingerprint density at radius 2 is 2.06 bits per heavy atom. The van der Waals surface area contributed by atoms with Crippen LogP contribution in [0.5, 0.6) is 0 Å². The van der Waals surface area contributed by atoms with E-state index in [0.717, 1.165) is 26.2 Å². The van der Waals surface area contributed by atoms with Crippen LogP contribution in [0.3, 0.4) is 0 Å². The molecular weight excluding hydrogens is 228 g/mol. The highest BCUT2D eigenvalue weighted by atomic mass is 16.7. The molecule has 0 spiro atoms. The number of nitrogens with zero attached hydrogens (tertiary/aromatic N) is 2. The van der Waals surface area contributed by atoms with E-state index in [0.29, 0.717) is 6.04 Å². The number of carbonyl (C=O) groups excluding carboxylic acids is 1. The first-order valence-electron chi connectivity index (χ1n) is 6.67. The molecule has 1 aliphatic rings. The third-order valence-electron chi connectivity index (χ3n) is 3.13. The fourth-order valence-corrected chi connectivity index (χ4v) is 1.81. The summed E-state index contributed by atoms with van der Waals surface area (Å²) in [5.41, 5.74) is -0.439. The molecule has 0 aromatic carbocycles. The molecule has 4 nitrogen and oxygen atoms in total. The van der Waals surface area contributed by atoms with Gasteiger partial charge in [-0.1, -0.05) is 12.2 Å². The summed E-state index contributed by atoms with van der Waals surface area (Å²) in [5.74, 6) is -0.156. The Bertz CT molecular complexity index is 307. The van der Waals surface area contributed by atoms with E-state index in [-0.39, 0.29) is 5.97 Å². The summed E-state index contributed by atoms with van der Waals surface area (Å²) in [4.78, 5) is 19.6. The van der Waals surface area contributed by atoms with Crippen molar-refractivity contribution < 1.29 is 9.63 Å². The van der Waals surface area contributed by atoms with Crippen LogP contribution in [0.15, 0.2) is 12.2 Å². The van der Waals surface area contributed by atoms with Crippen LogP contribution >= 0.6 is 0 Å². The first-order valence-corrected chi connectivity index (χ1v) is 6.67. The summed E-state index contributed by atoms with van der Waals surface area (Å²) >= 11 is 0. The van der Waals surface area contributed by atoms with E-state index in [9.17, 15) is 4.79 Å². The van der Waals surface area contributed by atoms with Crippen LogP contribution < -0.4 is 0 Å². The van der Waals surface area contributed by atoms with Crippen molar-refractivity contribution in [2.24, 2.45) is 5.41 Å². The number of rotatable bonds is 3. The molecule has 0 aromatic heterocycles. The van der Waals surface area contributed by atoms with Crippen molar-refractivity contribution in [3.8, 4) is 0 Å². The topological polar surface area (TPSA) is 32.8 Å². The van der Waals surface area contributed by atoms with Crippen molar-refractivity contribution in [1.82, 2.24) is 9.96 Å². The molecule has 0 saturated carbocycles. The van der Waals surface area contributed by atoms with Crippen molar-refractivity contribution in [3.63, 3.8) is 0 Å². The highest BCUT2D eigenvalue weighted by Gasteiger charge is 2.29. The normalized spacial score (nSPS) is 23.5. The molecule has 0 aromatic rings. The zero-order chi connectivity index (χ0) is 13.8. The highest BCUT2D eigenvalue weighted by Crippen LogP contribution is 2.18. The summed E-state index contributed by atoms with van der Waals surface area (Å²) in [7, 11) is 0. The van der Waals surface area contributed by atoms with Crippen LogP contribution in [0.1, 0.15) is 34.6 Å². The van der Waals surface area contributed by atoms with Crippen molar-refractivity contribution in [3.05, 3.63) is 12.2 Å². The van der Waals surface area contributed by atoms with Crippen LogP contribution in [0.4, 0.5) is 0 Å². The van der Waals surface area contributed by atoms with Gasteiger partial charge in [-0.25, -0.2) is 4.79 Å². The smallest absolute Gasteiger partial charge is 0.330 e. The molecule has 1 saturated heterocycles. The maximum Gasteiger partial charge on any atom is 0.330 e. The number of piperazine rings is 1. The number of allylic oxidation sites excluding steroid dienone is 1. The number of hydrogen-bond donors (Lipinski definition) is 0.